The molecule has 1 saturated heterocycles. The second-order valence-corrected chi connectivity index (χ2v) is 5.78. The molecule has 0 aromatic heterocycles. The Labute approximate surface area is 114 Å². The summed E-state index contributed by atoms with van der Waals surface area (Å²) >= 11 is 2.23. The highest BCUT2D eigenvalue weighted by Gasteiger charge is 2.45. The zero-order chi connectivity index (χ0) is 12.6. The van der Waals surface area contributed by atoms with Gasteiger partial charge in [-0.1, -0.05) is 12.1 Å². The number of hydrogen-bond acceptors (Lipinski definition) is 2. The fourth-order valence-corrected chi connectivity index (χ4v) is 2.10. The highest BCUT2D eigenvalue weighted by molar-refractivity contribution is 14.1. The van der Waals surface area contributed by atoms with Crippen molar-refractivity contribution >= 4 is 34.5 Å². The van der Waals surface area contributed by atoms with Crippen LogP contribution in [0.25, 0.3) is 0 Å². The zero-order valence-corrected chi connectivity index (χ0v) is 11.8. The molecular formula is C12H13IN2O2. The van der Waals surface area contributed by atoms with Gasteiger partial charge in [-0.05, 0) is 54.1 Å². The lowest BCUT2D eigenvalue weighted by Gasteiger charge is -2.27. The quantitative estimate of drug-likeness (QED) is 0.660. The zero-order valence-electron chi connectivity index (χ0n) is 9.66. The fraction of sp³-hybridized carbons (Fsp3) is 0.333. The van der Waals surface area contributed by atoms with E-state index in [4.69, 9.17) is 0 Å². The van der Waals surface area contributed by atoms with Crippen LogP contribution < -0.4 is 5.32 Å². The third-order valence-electron chi connectivity index (χ3n) is 2.95. The molecule has 0 aliphatic carbocycles. The summed E-state index contributed by atoms with van der Waals surface area (Å²) in [5, 5.41) is 2.34. The number of halogens is 1. The fourth-order valence-electron chi connectivity index (χ4n) is 1.74. The Morgan fingerprint density at radius 3 is 2.29 bits per heavy atom. The number of amides is 3. The topological polar surface area (TPSA) is 49.4 Å². The number of benzene rings is 1. The summed E-state index contributed by atoms with van der Waals surface area (Å²) in [6.07, 6.45) is 0. The van der Waals surface area contributed by atoms with Crippen LogP contribution in [0.1, 0.15) is 19.4 Å². The van der Waals surface area contributed by atoms with Gasteiger partial charge in [0.1, 0.15) is 5.54 Å². The maximum absolute atomic E-state index is 11.7. The van der Waals surface area contributed by atoms with E-state index in [9.17, 15) is 9.59 Å². The average Bonchev–Trinajstić information content (AvgIpc) is 2.44. The van der Waals surface area contributed by atoms with Crippen LogP contribution in [0, 0.1) is 3.57 Å². The van der Waals surface area contributed by atoms with E-state index in [-0.39, 0.29) is 11.9 Å². The Hall–Kier alpha value is -1.11. The van der Waals surface area contributed by atoms with Crippen molar-refractivity contribution in [1.82, 2.24) is 10.2 Å². The molecule has 1 aromatic carbocycles. The highest BCUT2D eigenvalue weighted by Crippen LogP contribution is 2.23. The van der Waals surface area contributed by atoms with Gasteiger partial charge in [-0.25, -0.2) is 4.79 Å². The van der Waals surface area contributed by atoms with Crippen LogP contribution in [-0.2, 0) is 11.3 Å². The third-order valence-corrected chi connectivity index (χ3v) is 3.67. The van der Waals surface area contributed by atoms with Crippen molar-refractivity contribution in [3.63, 3.8) is 0 Å². The lowest BCUT2D eigenvalue weighted by Crippen LogP contribution is -2.43. The normalized spacial score (nSPS) is 18.4. The van der Waals surface area contributed by atoms with E-state index in [0.29, 0.717) is 6.54 Å². The Kier molecular flexibility index (Phi) is 3.11. The lowest BCUT2D eigenvalue weighted by atomic mass is 10.0. The van der Waals surface area contributed by atoms with Crippen molar-refractivity contribution < 1.29 is 9.59 Å². The molecule has 90 valence electrons. The summed E-state index contributed by atoms with van der Waals surface area (Å²) < 4.78 is 1.15. The first-order valence-corrected chi connectivity index (χ1v) is 6.36. The monoisotopic (exact) mass is 344 g/mol. The van der Waals surface area contributed by atoms with Crippen LogP contribution in [0.5, 0.6) is 0 Å². The molecule has 0 bridgehead atoms. The minimum absolute atomic E-state index is 0.243. The summed E-state index contributed by atoms with van der Waals surface area (Å²) in [6.45, 7) is 3.95. The van der Waals surface area contributed by atoms with Crippen molar-refractivity contribution in [3.05, 3.63) is 33.4 Å². The van der Waals surface area contributed by atoms with Crippen molar-refractivity contribution in [2.45, 2.75) is 25.9 Å². The standard InChI is InChI=1S/C12H13IN2O2/c1-12(2)10(16)14-11(17)15(12)7-8-3-5-9(13)6-4-8/h3-6H,7H2,1-2H3,(H,14,16,17). The molecular weight excluding hydrogens is 331 g/mol. The Bertz CT molecular complexity index is 468. The van der Waals surface area contributed by atoms with Gasteiger partial charge in [0.2, 0.25) is 0 Å². The minimum atomic E-state index is -0.778. The third kappa shape index (κ3) is 2.29. The summed E-state index contributed by atoms with van der Waals surface area (Å²) in [5.74, 6) is -0.243. The van der Waals surface area contributed by atoms with Crippen LogP contribution in [0.15, 0.2) is 24.3 Å². The number of nitrogens with zero attached hydrogens (tertiary/aromatic N) is 1. The van der Waals surface area contributed by atoms with E-state index in [1.165, 1.54) is 0 Å². The molecule has 5 heteroatoms. The second-order valence-electron chi connectivity index (χ2n) is 4.53. The van der Waals surface area contributed by atoms with Gasteiger partial charge in [0.25, 0.3) is 5.91 Å². The molecule has 4 nitrogen and oxygen atoms in total. The first kappa shape index (κ1) is 12.3. The van der Waals surface area contributed by atoms with E-state index in [0.717, 1.165) is 9.13 Å². The van der Waals surface area contributed by atoms with Gasteiger partial charge in [0, 0.05) is 10.1 Å². The molecule has 1 aromatic rings. The first-order chi connectivity index (χ1) is 7.91. The number of carbonyl (C=O) groups excluding carboxylic acids is 2. The molecule has 3 amide bonds. The first-order valence-electron chi connectivity index (χ1n) is 5.29. The van der Waals surface area contributed by atoms with Crippen molar-refractivity contribution in [2.75, 3.05) is 0 Å². The summed E-state index contributed by atoms with van der Waals surface area (Å²) in [5.41, 5.74) is 0.239. The average molecular weight is 344 g/mol. The number of rotatable bonds is 2. The van der Waals surface area contributed by atoms with Gasteiger partial charge in [-0.2, -0.15) is 0 Å². The van der Waals surface area contributed by atoms with E-state index < -0.39 is 5.54 Å². The smallest absolute Gasteiger partial charge is 0.306 e. The molecule has 17 heavy (non-hydrogen) atoms. The van der Waals surface area contributed by atoms with Crippen molar-refractivity contribution in [1.29, 1.82) is 0 Å². The Balaban J connectivity index is 2.21. The van der Waals surface area contributed by atoms with Gasteiger partial charge in [0.15, 0.2) is 0 Å². The number of urea groups is 1. The number of nitrogens with one attached hydrogen (secondary N) is 1. The number of hydrogen-bond donors (Lipinski definition) is 1. The predicted molar refractivity (Wildman–Crippen MR) is 72.3 cm³/mol. The molecule has 2 rings (SSSR count). The lowest BCUT2D eigenvalue weighted by molar-refractivity contribution is -0.125. The molecule has 0 unspecified atom stereocenters. The maximum atomic E-state index is 11.7. The maximum Gasteiger partial charge on any atom is 0.325 e. The van der Waals surface area contributed by atoms with E-state index >= 15 is 0 Å². The van der Waals surface area contributed by atoms with Crippen LogP contribution in [0.4, 0.5) is 4.79 Å². The van der Waals surface area contributed by atoms with Crippen LogP contribution in [-0.4, -0.2) is 22.4 Å². The van der Waals surface area contributed by atoms with Crippen molar-refractivity contribution in [3.8, 4) is 0 Å². The van der Waals surface area contributed by atoms with Gasteiger partial charge in [-0.15, -0.1) is 0 Å². The van der Waals surface area contributed by atoms with Gasteiger partial charge < -0.3 is 4.90 Å². The van der Waals surface area contributed by atoms with Gasteiger partial charge in [0.05, 0.1) is 0 Å². The molecule has 1 N–H and O–H groups in total. The van der Waals surface area contributed by atoms with Crippen LogP contribution >= 0.6 is 22.6 Å². The molecule has 1 aliphatic heterocycles. The van der Waals surface area contributed by atoms with Crippen LogP contribution in [0.2, 0.25) is 0 Å². The van der Waals surface area contributed by atoms with E-state index in [2.05, 4.69) is 27.9 Å². The van der Waals surface area contributed by atoms with Gasteiger partial charge >= 0.3 is 6.03 Å². The van der Waals surface area contributed by atoms with E-state index in [1.807, 2.05) is 24.3 Å². The van der Waals surface area contributed by atoms with Gasteiger partial charge in [-0.3, -0.25) is 10.1 Å². The molecule has 0 atom stereocenters. The largest absolute Gasteiger partial charge is 0.325 e. The molecule has 1 heterocycles. The summed E-state index contributed by atoms with van der Waals surface area (Å²) in [6, 6.07) is 7.58. The molecule has 0 radical (unpaired) electrons. The summed E-state index contributed by atoms with van der Waals surface area (Å²) in [4.78, 5) is 24.8. The Morgan fingerprint density at radius 2 is 1.82 bits per heavy atom. The molecule has 1 fully saturated rings. The van der Waals surface area contributed by atoms with Crippen molar-refractivity contribution in [2.24, 2.45) is 0 Å². The molecule has 0 spiro atoms. The molecule has 0 saturated carbocycles. The highest BCUT2D eigenvalue weighted by atomic mass is 127. The minimum Gasteiger partial charge on any atom is -0.306 e. The number of imide groups is 1. The predicted octanol–water partition coefficient (Wildman–Crippen LogP) is 2.12. The SMILES string of the molecule is CC1(C)C(=O)NC(=O)N1Cc1ccc(I)cc1. The van der Waals surface area contributed by atoms with Crippen LogP contribution in [0.3, 0.4) is 0 Å². The molecule has 1 aliphatic rings. The summed E-state index contributed by atoms with van der Waals surface area (Å²) in [7, 11) is 0. The van der Waals surface area contributed by atoms with E-state index in [1.54, 1.807) is 18.7 Å². The second kappa shape index (κ2) is 4.29. The number of carbonyl (C=O) groups is 2. The Morgan fingerprint density at radius 1 is 1.24 bits per heavy atom.